The van der Waals surface area contributed by atoms with Crippen LogP contribution in [-0.2, 0) is 0 Å². The molecule has 5 heteroatoms. The van der Waals surface area contributed by atoms with Crippen LogP contribution in [0.4, 0.5) is 5.82 Å². The van der Waals surface area contributed by atoms with Crippen LogP contribution >= 0.6 is 11.8 Å². The molecule has 3 aromatic rings. The van der Waals surface area contributed by atoms with Crippen LogP contribution in [0.2, 0.25) is 0 Å². The smallest absolute Gasteiger partial charge is 0.252 e. The quantitative estimate of drug-likeness (QED) is 0.689. The number of hydrogen-bond acceptors (Lipinski definition) is 4. The summed E-state index contributed by atoms with van der Waals surface area (Å²) >= 11 is 1.90. The summed E-state index contributed by atoms with van der Waals surface area (Å²) in [6, 6.07) is 18.9. The summed E-state index contributed by atoms with van der Waals surface area (Å²) in [4.78, 5) is 18.9. The van der Waals surface area contributed by atoms with Crippen molar-refractivity contribution >= 4 is 34.4 Å². The Bertz CT molecular complexity index is 1020. The zero-order valence-corrected chi connectivity index (χ0v) is 15.8. The number of rotatable bonds is 4. The fourth-order valence-corrected chi connectivity index (χ4v) is 4.72. The maximum Gasteiger partial charge on any atom is 0.252 e. The highest BCUT2D eigenvalue weighted by Gasteiger charge is 2.26. The van der Waals surface area contributed by atoms with Crippen molar-refractivity contribution in [3.8, 4) is 0 Å². The third-order valence-corrected chi connectivity index (χ3v) is 6.28. The van der Waals surface area contributed by atoms with Gasteiger partial charge < -0.3 is 10.6 Å². The van der Waals surface area contributed by atoms with Gasteiger partial charge in [-0.05, 0) is 43.0 Å². The number of amides is 1. The SMILES string of the molecule is O=C(NC1CC1)c1cc(NC2CCSc3ccccc32)nc2ccccc12. The topological polar surface area (TPSA) is 54.0 Å². The van der Waals surface area contributed by atoms with Crippen LogP contribution < -0.4 is 10.6 Å². The highest BCUT2D eigenvalue weighted by atomic mass is 32.2. The maximum absolute atomic E-state index is 12.8. The lowest BCUT2D eigenvalue weighted by Gasteiger charge is -2.26. The third kappa shape index (κ3) is 3.39. The van der Waals surface area contributed by atoms with Gasteiger partial charge in [0.2, 0.25) is 0 Å². The molecule has 1 amide bonds. The minimum atomic E-state index is -0.00116. The van der Waals surface area contributed by atoms with Crippen LogP contribution in [0.25, 0.3) is 10.9 Å². The molecule has 0 radical (unpaired) electrons. The molecule has 2 N–H and O–H groups in total. The van der Waals surface area contributed by atoms with E-state index in [1.165, 1.54) is 10.5 Å². The van der Waals surface area contributed by atoms with Crippen molar-refractivity contribution in [1.29, 1.82) is 0 Å². The second kappa shape index (κ2) is 6.89. The molecule has 0 bridgehead atoms. The van der Waals surface area contributed by atoms with Crippen molar-refractivity contribution in [3.05, 3.63) is 65.7 Å². The van der Waals surface area contributed by atoms with Crippen LogP contribution in [0.15, 0.2) is 59.5 Å². The first-order valence-corrected chi connectivity index (χ1v) is 10.5. The average Bonchev–Trinajstić information content (AvgIpc) is 3.51. The number of thioether (sulfide) groups is 1. The average molecular weight is 375 g/mol. The van der Waals surface area contributed by atoms with Crippen LogP contribution in [0.3, 0.4) is 0 Å². The number of para-hydroxylation sites is 1. The molecule has 1 aromatic heterocycles. The highest BCUT2D eigenvalue weighted by molar-refractivity contribution is 7.99. The molecule has 1 unspecified atom stereocenters. The van der Waals surface area contributed by atoms with E-state index in [0.717, 1.165) is 41.7 Å². The number of pyridine rings is 1. The van der Waals surface area contributed by atoms with Crippen molar-refractivity contribution in [1.82, 2.24) is 10.3 Å². The number of carbonyl (C=O) groups is 1. The zero-order valence-electron chi connectivity index (χ0n) is 14.9. The van der Waals surface area contributed by atoms with Gasteiger partial charge in [-0.1, -0.05) is 36.4 Å². The third-order valence-electron chi connectivity index (χ3n) is 5.15. The Balaban J connectivity index is 1.51. The Labute approximate surface area is 162 Å². The van der Waals surface area contributed by atoms with Gasteiger partial charge >= 0.3 is 0 Å². The summed E-state index contributed by atoms with van der Waals surface area (Å²) < 4.78 is 0. The maximum atomic E-state index is 12.8. The zero-order chi connectivity index (χ0) is 18.2. The molecule has 5 rings (SSSR count). The standard InChI is InChI=1S/C22H21N3OS/c26-22(23-14-9-10-14)17-13-21(24-18-7-3-1-5-15(17)18)25-19-11-12-27-20-8-4-2-6-16(19)20/h1-8,13-14,19H,9-12H2,(H,23,26)(H,24,25). The lowest BCUT2D eigenvalue weighted by atomic mass is 10.0. The number of aromatic nitrogens is 1. The van der Waals surface area contributed by atoms with E-state index in [1.807, 2.05) is 42.1 Å². The summed E-state index contributed by atoms with van der Waals surface area (Å²) in [6.45, 7) is 0. The molecule has 1 atom stereocenters. The summed E-state index contributed by atoms with van der Waals surface area (Å²) in [5.74, 6) is 1.84. The highest BCUT2D eigenvalue weighted by Crippen LogP contribution is 2.37. The Hall–Kier alpha value is -2.53. The van der Waals surface area contributed by atoms with Crippen molar-refractivity contribution in [3.63, 3.8) is 0 Å². The lowest BCUT2D eigenvalue weighted by Crippen LogP contribution is -2.26. The molecule has 0 saturated heterocycles. The molecule has 4 nitrogen and oxygen atoms in total. The van der Waals surface area contributed by atoms with Gasteiger partial charge in [0.25, 0.3) is 5.91 Å². The van der Waals surface area contributed by atoms with Gasteiger partial charge in [-0.2, -0.15) is 0 Å². The van der Waals surface area contributed by atoms with E-state index in [-0.39, 0.29) is 11.9 Å². The minimum Gasteiger partial charge on any atom is -0.363 e. The molecule has 2 aliphatic rings. The predicted molar refractivity (Wildman–Crippen MR) is 110 cm³/mol. The summed E-state index contributed by atoms with van der Waals surface area (Å²) in [5, 5.41) is 7.60. The number of nitrogens with zero attached hydrogens (tertiary/aromatic N) is 1. The first-order chi connectivity index (χ1) is 13.3. The largest absolute Gasteiger partial charge is 0.363 e. The Kier molecular flexibility index (Phi) is 4.24. The molecule has 2 aromatic carbocycles. The molecule has 1 aliphatic heterocycles. The number of carbonyl (C=O) groups excluding carboxylic acids is 1. The van der Waals surface area contributed by atoms with E-state index in [4.69, 9.17) is 4.98 Å². The van der Waals surface area contributed by atoms with Crippen molar-refractivity contribution in [2.45, 2.75) is 36.2 Å². The number of fused-ring (bicyclic) bond motifs is 2. The van der Waals surface area contributed by atoms with Gasteiger partial charge in [-0.3, -0.25) is 4.79 Å². The van der Waals surface area contributed by atoms with Crippen LogP contribution in [-0.4, -0.2) is 22.7 Å². The van der Waals surface area contributed by atoms with Crippen LogP contribution in [0.1, 0.15) is 41.2 Å². The number of nitrogens with one attached hydrogen (secondary N) is 2. The van der Waals surface area contributed by atoms with Crippen molar-refractivity contribution < 1.29 is 4.79 Å². The summed E-state index contributed by atoms with van der Waals surface area (Å²) in [6.07, 6.45) is 3.20. The minimum absolute atomic E-state index is 0.00116. The summed E-state index contributed by atoms with van der Waals surface area (Å²) in [5.41, 5.74) is 2.86. The number of benzene rings is 2. The van der Waals surface area contributed by atoms with Crippen molar-refractivity contribution in [2.75, 3.05) is 11.1 Å². The Morgan fingerprint density at radius 2 is 1.85 bits per heavy atom. The molecule has 1 aliphatic carbocycles. The van der Waals surface area contributed by atoms with Gasteiger partial charge in [0.05, 0.1) is 17.1 Å². The molecule has 2 heterocycles. The number of hydrogen-bond donors (Lipinski definition) is 2. The van der Waals surface area contributed by atoms with E-state index in [2.05, 4.69) is 34.9 Å². The van der Waals surface area contributed by atoms with Gasteiger partial charge in [0, 0.05) is 22.1 Å². The Morgan fingerprint density at radius 3 is 2.74 bits per heavy atom. The van der Waals surface area contributed by atoms with Crippen molar-refractivity contribution in [2.24, 2.45) is 0 Å². The lowest BCUT2D eigenvalue weighted by molar-refractivity contribution is 0.0952. The van der Waals surface area contributed by atoms with Gasteiger partial charge in [0.1, 0.15) is 5.82 Å². The fraction of sp³-hybridized carbons (Fsp3) is 0.273. The first kappa shape index (κ1) is 16.6. The summed E-state index contributed by atoms with van der Waals surface area (Å²) in [7, 11) is 0. The molecular formula is C22H21N3OS. The number of anilines is 1. The molecule has 1 saturated carbocycles. The normalized spacial score (nSPS) is 18.7. The monoisotopic (exact) mass is 375 g/mol. The molecule has 0 spiro atoms. The molecule has 27 heavy (non-hydrogen) atoms. The van der Waals surface area contributed by atoms with E-state index >= 15 is 0 Å². The van der Waals surface area contributed by atoms with Crippen LogP contribution in [0.5, 0.6) is 0 Å². The molecular weight excluding hydrogens is 354 g/mol. The van der Waals surface area contributed by atoms with E-state index in [9.17, 15) is 4.79 Å². The second-order valence-electron chi connectivity index (χ2n) is 7.19. The predicted octanol–water partition coefficient (Wildman–Crippen LogP) is 4.78. The van der Waals surface area contributed by atoms with E-state index < -0.39 is 0 Å². The first-order valence-electron chi connectivity index (χ1n) is 9.47. The van der Waals surface area contributed by atoms with E-state index in [1.54, 1.807) is 0 Å². The second-order valence-corrected chi connectivity index (χ2v) is 8.33. The van der Waals surface area contributed by atoms with Gasteiger partial charge in [-0.25, -0.2) is 4.98 Å². The van der Waals surface area contributed by atoms with Gasteiger partial charge in [0.15, 0.2) is 0 Å². The molecule has 1 fully saturated rings. The van der Waals surface area contributed by atoms with Gasteiger partial charge in [-0.15, -0.1) is 11.8 Å². The van der Waals surface area contributed by atoms with Crippen LogP contribution in [0, 0.1) is 0 Å². The van der Waals surface area contributed by atoms with E-state index in [0.29, 0.717) is 11.6 Å². The fourth-order valence-electron chi connectivity index (χ4n) is 3.60. The Morgan fingerprint density at radius 1 is 1.04 bits per heavy atom. The molecule has 136 valence electrons.